The number of benzene rings is 1. The molecular formula is C16H17FN2O3S. The number of carbonyl (C=O) groups excluding carboxylic acids is 1. The van der Waals surface area contributed by atoms with Gasteiger partial charge in [-0.1, -0.05) is 12.1 Å². The number of rotatable bonds is 5. The van der Waals surface area contributed by atoms with Crippen LogP contribution in [0.5, 0.6) is 0 Å². The number of nitrogens with zero attached hydrogens (tertiary/aromatic N) is 1. The molecular weight excluding hydrogens is 319 g/mol. The van der Waals surface area contributed by atoms with Gasteiger partial charge in [0.15, 0.2) is 15.7 Å². The van der Waals surface area contributed by atoms with Crippen LogP contribution in [-0.2, 0) is 21.1 Å². The SMILES string of the molecule is CC(C)S(=O)(=O)c1ccc(CC(=O)Nc2ccncc2F)cc1. The molecule has 0 fully saturated rings. The summed E-state index contributed by atoms with van der Waals surface area (Å²) >= 11 is 0. The molecule has 23 heavy (non-hydrogen) atoms. The molecule has 0 saturated carbocycles. The van der Waals surface area contributed by atoms with Gasteiger partial charge >= 0.3 is 0 Å². The number of hydrogen-bond donors (Lipinski definition) is 1. The lowest BCUT2D eigenvalue weighted by molar-refractivity contribution is -0.115. The van der Waals surface area contributed by atoms with E-state index in [1.165, 1.54) is 24.4 Å². The van der Waals surface area contributed by atoms with E-state index in [9.17, 15) is 17.6 Å². The van der Waals surface area contributed by atoms with Crippen LogP contribution in [0.15, 0.2) is 47.6 Å². The second-order valence-electron chi connectivity index (χ2n) is 5.32. The van der Waals surface area contributed by atoms with Gasteiger partial charge in [0, 0.05) is 6.20 Å². The third kappa shape index (κ3) is 4.13. The van der Waals surface area contributed by atoms with Crippen molar-refractivity contribution in [2.24, 2.45) is 0 Å². The maximum atomic E-state index is 13.4. The van der Waals surface area contributed by atoms with E-state index in [0.29, 0.717) is 5.56 Å². The predicted octanol–water partition coefficient (Wildman–Crippen LogP) is 2.58. The van der Waals surface area contributed by atoms with Crippen molar-refractivity contribution >= 4 is 21.4 Å². The summed E-state index contributed by atoms with van der Waals surface area (Å²) in [6, 6.07) is 7.48. The summed E-state index contributed by atoms with van der Waals surface area (Å²) in [5.74, 6) is -1.01. The smallest absolute Gasteiger partial charge is 0.228 e. The molecule has 0 aliphatic carbocycles. The van der Waals surface area contributed by atoms with Crippen LogP contribution in [-0.4, -0.2) is 24.6 Å². The molecule has 0 aliphatic heterocycles. The molecule has 0 saturated heterocycles. The monoisotopic (exact) mass is 336 g/mol. The van der Waals surface area contributed by atoms with Crippen LogP contribution < -0.4 is 5.32 Å². The number of sulfone groups is 1. The zero-order valence-electron chi connectivity index (χ0n) is 12.8. The molecule has 2 rings (SSSR count). The van der Waals surface area contributed by atoms with Gasteiger partial charge in [0.05, 0.1) is 28.5 Å². The standard InChI is InChI=1S/C16H17FN2O3S/c1-11(2)23(21,22)13-5-3-12(4-6-13)9-16(20)19-15-7-8-18-10-14(15)17/h3-8,10-11H,9H2,1-2H3,(H,18,19,20). The number of amides is 1. The maximum absolute atomic E-state index is 13.4. The van der Waals surface area contributed by atoms with E-state index in [4.69, 9.17) is 0 Å². The first-order chi connectivity index (χ1) is 10.8. The second-order valence-corrected chi connectivity index (χ2v) is 7.82. The van der Waals surface area contributed by atoms with Crippen LogP contribution in [0.1, 0.15) is 19.4 Å². The topological polar surface area (TPSA) is 76.1 Å². The van der Waals surface area contributed by atoms with E-state index in [1.807, 2.05) is 0 Å². The minimum Gasteiger partial charge on any atom is -0.323 e. The number of halogens is 1. The molecule has 122 valence electrons. The minimum absolute atomic E-state index is 0.0176. The van der Waals surface area contributed by atoms with Crippen molar-refractivity contribution in [3.63, 3.8) is 0 Å². The fourth-order valence-electron chi connectivity index (χ4n) is 1.93. The summed E-state index contributed by atoms with van der Waals surface area (Å²) < 4.78 is 37.4. The Morgan fingerprint density at radius 2 is 1.87 bits per heavy atom. The average Bonchev–Trinajstić information content (AvgIpc) is 2.50. The van der Waals surface area contributed by atoms with Gasteiger partial charge in [-0.25, -0.2) is 12.8 Å². The molecule has 0 unspecified atom stereocenters. The van der Waals surface area contributed by atoms with Gasteiger partial charge in [-0.05, 0) is 37.6 Å². The molecule has 1 N–H and O–H groups in total. The van der Waals surface area contributed by atoms with Crippen LogP contribution in [0, 0.1) is 5.82 Å². The number of hydrogen-bond acceptors (Lipinski definition) is 4. The van der Waals surface area contributed by atoms with Crippen molar-refractivity contribution in [2.75, 3.05) is 5.32 Å². The second kappa shape index (κ2) is 6.87. The van der Waals surface area contributed by atoms with Gasteiger partial charge in [0.1, 0.15) is 0 Å². The van der Waals surface area contributed by atoms with Gasteiger partial charge in [-0.3, -0.25) is 9.78 Å². The summed E-state index contributed by atoms with van der Waals surface area (Å²) in [7, 11) is -3.33. The molecule has 0 aliphatic rings. The normalized spacial score (nSPS) is 11.5. The lowest BCUT2D eigenvalue weighted by atomic mass is 10.1. The molecule has 2 aromatic rings. The van der Waals surface area contributed by atoms with E-state index in [0.717, 1.165) is 6.20 Å². The highest BCUT2D eigenvalue weighted by Crippen LogP contribution is 2.17. The highest BCUT2D eigenvalue weighted by Gasteiger charge is 2.18. The predicted molar refractivity (Wildman–Crippen MR) is 85.3 cm³/mol. The Kier molecular flexibility index (Phi) is 5.10. The summed E-state index contributed by atoms with van der Waals surface area (Å²) in [6.07, 6.45) is 2.41. The van der Waals surface area contributed by atoms with Crippen LogP contribution >= 0.6 is 0 Å². The van der Waals surface area contributed by atoms with Crippen LogP contribution in [0.25, 0.3) is 0 Å². The molecule has 0 radical (unpaired) electrons. The number of carbonyl (C=O) groups is 1. The van der Waals surface area contributed by atoms with E-state index >= 15 is 0 Å². The van der Waals surface area contributed by atoms with Gasteiger partial charge in [0.2, 0.25) is 5.91 Å². The van der Waals surface area contributed by atoms with E-state index in [1.54, 1.807) is 26.0 Å². The third-order valence-corrected chi connectivity index (χ3v) is 5.45. The number of nitrogens with one attached hydrogen (secondary N) is 1. The van der Waals surface area contributed by atoms with Crippen LogP contribution in [0.4, 0.5) is 10.1 Å². The van der Waals surface area contributed by atoms with E-state index in [-0.39, 0.29) is 17.0 Å². The molecule has 1 amide bonds. The van der Waals surface area contributed by atoms with E-state index in [2.05, 4.69) is 10.3 Å². The van der Waals surface area contributed by atoms with Crippen molar-refractivity contribution in [3.8, 4) is 0 Å². The lowest BCUT2D eigenvalue weighted by Gasteiger charge is -2.09. The Balaban J connectivity index is 2.07. The first-order valence-corrected chi connectivity index (χ1v) is 8.57. The van der Waals surface area contributed by atoms with Gasteiger partial charge in [-0.2, -0.15) is 0 Å². The zero-order chi connectivity index (χ0) is 17.0. The highest BCUT2D eigenvalue weighted by atomic mass is 32.2. The molecule has 0 atom stereocenters. The minimum atomic E-state index is -3.33. The van der Waals surface area contributed by atoms with Crippen molar-refractivity contribution in [2.45, 2.75) is 30.4 Å². The molecule has 1 aromatic heterocycles. The lowest BCUT2D eigenvalue weighted by Crippen LogP contribution is -2.16. The van der Waals surface area contributed by atoms with Crippen molar-refractivity contribution in [1.82, 2.24) is 4.98 Å². The fraction of sp³-hybridized carbons (Fsp3) is 0.250. The Labute approximate surface area is 134 Å². The Bertz CT molecular complexity index is 802. The molecule has 1 heterocycles. The summed E-state index contributed by atoms with van der Waals surface area (Å²) in [6.45, 7) is 3.22. The third-order valence-electron chi connectivity index (χ3n) is 3.28. The maximum Gasteiger partial charge on any atom is 0.228 e. The van der Waals surface area contributed by atoms with Crippen LogP contribution in [0.3, 0.4) is 0 Å². The number of pyridine rings is 1. The molecule has 0 spiro atoms. The first-order valence-electron chi connectivity index (χ1n) is 7.03. The van der Waals surface area contributed by atoms with Gasteiger partial charge in [-0.15, -0.1) is 0 Å². The van der Waals surface area contributed by atoms with Crippen molar-refractivity contribution < 1.29 is 17.6 Å². The van der Waals surface area contributed by atoms with Crippen molar-refractivity contribution in [3.05, 3.63) is 54.1 Å². The van der Waals surface area contributed by atoms with Gasteiger partial charge < -0.3 is 5.32 Å². The average molecular weight is 336 g/mol. The highest BCUT2D eigenvalue weighted by molar-refractivity contribution is 7.92. The molecule has 0 bridgehead atoms. The Morgan fingerprint density at radius 1 is 1.22 bits per heavy atom. The molecule has 1 aromatic carbocycles. The summed E-state index contributed by atoms with van der Waals surface area (Å²) in [5.41, 5.74) is 0.698. The van der Waals surface area contributed by atoms with Crippen LogP contribution in [0.2, 0.25) is 0 Å². The largest absolute Gasteiger partial charge is 0.323 e. The summed E-state index contributed by atoms with van der Waals surface area (Å²) in [4.78, 5) is 15.7. The Hall–Kier alpha value is -2.28. The number of anilines is 1. The van der Waals surface area contributed by atoms with E-state index < -0.39 is 26.8 Å². The van der Waals surface area contributed by atoms with Crippen molar-refractivity contribution in [1.29, 1.82) is 0 Å². The number of aromatic nitrogens is 1. The van der Waals surface area contributed by atoms with Gasteiger partial charge in [0.25, 0.3) is 0 Å². The Morgan fingerprint density at radius 3 is 2.43 bits per heavy atom. The fourth-order valence-corrected chi connectivity index (χ4v) is 2.99. The quantitative estimate of drug-likeness (QED) is 0.910. The zero-order valence-corrected chi connectivity index (χ0v) is 13.6. The molecule has 5 nitrogen and oxygen atoms in total. The first kappa shape index (κ1) is 17.1. The molecule has 7 heteroatoms. The summed E-state index contributed by atoms with van der Waals surface area (Å²) in [5, 5.41) is 1.94.